The third-order valence-corrected chi connectivity index (χ3v) is 5.74. The third-order valence-electron chi connectivity index (χ3n) is 3.85. The molecule has 0 spiro atoms. The molecule has 1 N–H and O–H groups in total. The molecule has 0 aliphatic rings. The van der Waals surface area contributed by atoms with E-state index in [1.165, 1.54) is 0 Å². The van der Waals surface area contributed by atoms with Crippen LogP contribution in [0, 0.1) is 0 Å². The van der Waals surface area contributed by atoms with Crippen LogP contribution in [0.3, 0.4) is 0 Å². The molecule has 0 amide bonds. The first-order valence-corrected chi connectivity index (χ1v) is 11.0. The monoisotopic (exact) mass is 326 g/mol. The van der Waals surface area contributed by atoms with Gasteiger partial charge >= 0.3 is 0 Å². The average molecular weight is 326 g/mol. The molecule has 23 heavy (non-hydrogen) atoms. The van der Waals surface area contributed by atoms with Crippen molar-refractivity contribution in [1.82, 2.24) is 0 Å². The van der Waals surface area contributed by atoms with Crippen molar-refractivity contribution in [2.45, 2.75) is 25.2 Å². The largest absolute Gasteiger partial charge is 0.497 e. The lowest BCUT2D eigenvalue weighted by Gasteiger charge is -2.29. The van der Waals surface area contributed by atoms with Crippen molar-refractivity contribution in [1.29, 1.82) is 0 Å². The smallest absolute Gasteiger partial charge is 0.276 e. The van der Waals surface area contributed by atoms with Crippen molar-refractivity contribution in [3.63, 3.8) is 0 Å². The normalized spacial score (nSPS) is 13.8. The fourth-order valence-corrected chi connectivity index (χ4v) is 4.39. The summed E-state index contributed by atoms with van der Waals surface area (Å²) in [5, 5.41) is 12.0. The van der Waals surface area contributed by atoms with Crippen LogP contribution in [-0.2, 0) is 5.60 Å². The molecule has 5 heteroatoms. The predicted octanol–water partition coefficient (Wildman–Crippen LogP) is 3.48. The minimum Gasteiger partial charge on any atom is -0.497 e. The van der Waals surface area contributed by atoms with E-state index in [0.29, 0.717) is 22.2 Å². The van der Waals surface area contributed by atoms with Crippen LogP contribution in [-0.4, -0.2) is 30.4 Å². The summed E-state index contributed by atoms with van der Waals surface area (Å²) >= 11 is 0. The fraction of sp³-hybridized carbons (Fsp3) is 0.278. The highest BCUT2D eigenvalue weighted by Gasteiger charge is 2.50. The molecule has 0 aromatic heterocycles. The van der Waals surface area contributed by atoms with Crippen LogP contribution in [0.5, 0.6) is 5.75 Å². The Morgan fingerprint density at radius 2 is 1.52 bits per heavy atom. The number of benzene rings is 2. The Morgan fingerprint density at radius 3 is 1.96 bits per heavy atom. The van der Waals surface area contributed by atoms with E-state index >= 15 is 0 Å². The molecule has 0 aliphatic heterocycles. The van der Waals surface area contributed by atoms with Crippen molar-refractivity contribution in [3.8, 4) is 5.75 Å². The maximum absolute atomic E-state index is 11.6. The van der Waals surface area contributed by atoms with Gasteiger partial charge in [-0.3, -0.25) is 0 Å². The highest BCUT2D eigenvalue weighted by atomic mass is 28.3. The van der Waals surface area contributed by atoms with E-state index in [4.69, 9.17) is 4.74 Å². The van der Waals surface area contributed by atoms with E-state index in [1.54, 1.807) is 31.4 Å². The standard InChI is InChI=1S/C18H22N2O2Si/c1-22-16-12-10-15(11-13-16)18(21,14-8-6-5-7-9-14)17(20-19)23(2,3)4/h5-13,21H,1-4H3. The van der Waals surface area contributed by atoms with Crippen LogP contribution in [0.1, 0.15) is 11.1 Å². The van der Waals surface area contributed by atoms with Gasteiger partial charge in [-0.15, -0.1) is 0 Å². The molecule has 0 bridgehead atoms. The van der Waals surface area contributed by atoms with Crippen LogP contribution in [0.2, 0.25) is 19.6 Å². The summed E-state index contributed by atoms with van der Waals surface area (Å²) in [5.41, 5.74) is 9.53. The second kappa shape index (κ2) is 6.50. The Balaban J connectivity index is 2.72. The van der Waals surface area contributed by atoms with Crippen molar-refractivity contribution in [2.24, 2.45) is 0 Å². The molecule has 0 saturated heterocycles. The highest BCUT2D eigenvalue weighted by Crippen LogP contribution is 2.34. The van der Waals surface area contributed by atoms with Gasteiger partial charge in [0.15, 0.2) is 8.07 Å². The van der Waals surface area contributed by atoms with Gasteiger partial charge in [0, 0.05) is 0 Å². The van der Waals surface area contributed by atoms with Gasteiger partial charge in [0.05, 0.1) is 7.11 Å². The molecule has 2 aromatic carbocycles. The third kappa shape index (κ3) is 3.27. The summed E-state index contributed by atoms with van der Waals surface area (Å²) in [4.78, 5) is 3.52. The zero-order valence-electron chi connectivity index (χ0n) is 13.9. The van der Waals surface area contributed by atoms with E-state index in [0.717, 1.165) is 0 Å². The number of methoxy groups -OCH3 is 1. The second-order valence-electron chi connectivity index (χ2n) is 6.50. The fourth-order valence-electron chi connectivity index (χ4n) is 2.72. The summed E-state index contributed by atoms with van der Waals surface area (Å²) < 4.78 is 5.19. The first-order chi connectivity index (χ1) is 10.8. The number of aliphatic hydroxyl groups is 1. The number of hydrogen-bond donors (Lipinski definition) is 1. The molecule has 1 atom stereocenters. The van der Waals surface area contributed by atoms with Gasteiger partial charge in [0.1, 0.15) is 5.75 Å². The minimum absolute atomic E-state index is 0.418. The Bertz CT molecular complexity index is 717. The molecule has 0 aliphatic carbocycles. The van der Waals surface area contributed by atoms with E-state index in [1.807, 2.05) is 50.0 Å². The van der Waals surface area contributed by atoms with Crippen molar-refractivity contribution in [3.05, 3.63) is 71.3 Å². The SMILES string of the molecule is COc1ccc(C(O)(C(=[N+]=[N-])[Si](C)(C)C)c2ccccc2)cc1. The predicted molar refractivity (Wildman–Crippen MR) is 94.4 cm³/mol. The molecule has 0 heterocycles. The zero-order valence-corrected chi connectivity index (χ0v) is 14.9. The van der Waals surface area contributed by atoms with Crippen LogP contribution in [0.4, 0.5) is 0 Å². The molecular formula is C18H22N2O2Si. The molecule has 1 unspecified atom stereocenters. The maximum atomic E-state index is 11.6. The topological polar surface area (TPSA) is 65.9 Å². The van der Waals surface area contributed by atoms with E-state index in [2.05, 4.69) is 4.79 Å². The van der Waals surface area contributed by atoms with Crippen LogP contribution >= 0.6 is 0 Å². The van der Waals surface area contributed by atoms with Crippen LogP contribution in [0.15, 0.2) is 54.6 Å². The van der Waals surface area contributed by atoms with Gasteiger partial charge < -0.3 is 15.4 Å². The average Bonchev–Trinajstić information content (AvgIpc) is 2.55. The molecule has 120 valence electrons. The molecule has 0 fully saturated rings. The van der Waals surface area contributed by atoms with Crippen molar-refractivity contribution in [2.75, 3.05) is 7.11 Å². The van der Waals surface area contributed by atoms with Crippen molar-refractivity contribution >= 4 is 13.4 Å². The molecule has 4 nitrogen and oxygen atoms in total. The molecular weight excluding hydrogens is 304 g/mol. The van der Waals surface area contributed by atoms with Gasteiger partial charge in [-0.05, 0) is 23.3 Å². The molecule has 2 aromatic rings. The number of ether oxygens (including phenoxy) is 1. The summed E-state index contributed by atoms with van der Waals surface area (Å²) in [6.45, 7) is 6.12. The Labute approximate surface area is 138 Å². The second-order valence-corrected chi connectivity index (χ2v) is 11.5. The zero-order chi connectivity index (χ0) is 17.1. The number of nitrogens with zero attached hydrogens (tertiary/aromatic N) is 2. The summed E-state index contributed by atoms with van der Waals surface area (Å²) in [5.74, 6) is 0.708. The minimum atomic E-state index is -2.09. The van der Waals surface area contributed by atoms with Gasteiger partial charge in [-0.2, -0.15) is 4.79 Å². The first-order valence-electron chi connectivity index (χ1n) is 7.49. The van der Waals surface area contributed by atoms with Crippen LogP contribution in [0.25, 0.3) is 5.53 Å². The van der Waals surface area contributed by atoms with Gasteiger partial charge in [-0.25, -0.2) is 0 Å². The molecule has 0 saturated carbocycles. The van der Waals surface area contributed by atoms with Crippen LogP contribution < -0.4 is 4.74 Å². The highest BCUT2D eigenvalue weighted by molar-refractivity contribution is 7.04. The first kappa shape index (κ1) is 17.2. The Morgan fingerprint density at radius 1 is 1.00 bits per heavy atom. The molecule has 2 rings (SSSR count). The van der Waals surface area contributed by atoms with E-state index in [-0.39, 0.29) is 0 Å². The van der Waals surface area contributed by atoms with Gasteiger partial charge in [-0.1, -0.05) is 62.1 Å². The van der Waals surface area contributed by atoms with Gasteiger partial charge in [0.2, 0.25) is 5.60 Å². The van der Waals surface area contributed by atoms with Crippen molar-refractivity contribution < 1.29 is 14.6 Å². The Hall–Kier alpha value is -2.20. The summed E-state index contributed by atoms with van der Waals surface area (Å²) in [6.07, 6.45) is 0. The summed E-state index contributed by atoms with van der Waals surface area (Å²) in [7, 11) is -0.493. The molecule has 0 radical (unpaired) electrons. The lowest BCUT2D eigenvalue weighted by atomic mass is 9.87. The lowest BCUT2D eigenvalue weighted by Crippen LogP contribution is -2.51. The maximum Gasteiger partial charge on any atom is 0.276 e. The number of rotatable bonds is 5. The van der Waals surface area contributed by atoms with E-state index in [9.17, 15) is 10.6 Å². The quantitative estimate of drug-likeness (QED) is 0.396. The van der Waals surface area contributed by atoms with Gasteiger partial charge in [0.25, 0.3) is 5.33 Å². The Kier molecular flexibility index (Phi) is 4.85. The van der Waals surface area contributed by atoms with E-state index < -0.39 is 13.7 Å². The lowest BCUT2D eigenvalue weighted by molar-refractivity contribution is -0.0279. The number of hydrogen-bond acceptors (Lipinski definition) is 2. The summed E-state index contributed by atoms with van der Waals surface area (Å²) in [6, 6.07) is 16.5.